The highest BCUT2D eigenvalue weighted by molar-refractivity contribution is 6.03. The Labute approximate surface area is 184 Å². The van der Waals surface area contributed by atoms with Gasteiger partial charge in [-0.15, -0.1) is 12.4 Å². The Kier molecular flexibility index (Phi) is 5.60. The second-order valence-electron chi connectivity index (χ2n) is 6.79. The highest BCUT2D eigenvalue weighted by Gasteiger charge is 2.17. The van der Waals surface area contributed by atoms with Crippen molar-refractivity contribution in [3.63, 3.8) is 0 Å². The molecule has 0 saturated heterocycles. The second kappa shape index (κ2) is 8.49. The molecule has 0 fully saturated rings. The van der Waals surface area contributed by atoms with E-state index in [-0.39, 0.29) is 12.4 Å². The third kappa shape index (κ3) is 3.71. The minimum absolute atomic E-state index is 0. The highest BCUT2D eigenvalue weighted by Crippen LogP contribution is 2.38. The molecule has 7 nitrogen and oxygen atoms in total. The lowest BCUT2D eigenvalue weighted by Gasteiger charge is -2.13. The van der Waals surface area contributed by atoms with E-state index in [1.165, 1.54) is 6.33 Å². The molecule has 1 N–H and O–H groups in total. The molecule has 5 rings (SSSR count). The van der Waals surface area contributed by atoms with Gasteiger partial charge >= 0.3 is 0 Å². The number of hydrogen-bond donors (Lipinski definition) is 1. The molecule has 3 heterocycles. The van der Waals surface area contributed by atoms with Crippen molar-refractivity contribution >= 4 is 34.2 Å². The Bertz CT molecular complexity index is 1360. The van der Waals surface area contributed by atoms with Gasteiger partial charge in [0.25, 0.3) is 0 Å². The summed E-state index contributed by atoms with van der Waals surface area (Å²) in [5.74, 6) is 1.18. The normalized spacial score (nSPS) is 10.7. The third-order valence-corrected chi connectivity index (χ3v) is 5.01. The van der Waals surface area contributed by atoms with Crippen LogP contribution in [0, 0.1) is 0 Å². The van der Waals surface area contributed by atoms with Gasteiger partial charge in [0, 0.05) is 34.8 Å². The van der Waals surface area contributed by atoms with Crippen LogP contribution in [0.1, 0.15) is 5.56 Å². The zero-order chi connectivity index (χ0) is 20.5. The van der Waals surface area contributed by atoms with Gasteiger partial charge in [0.1, 0.15) is 12.9 Å². The van der Waals surface area contributed by atoms with Crippen molar-refractivity contribution in [2.24, 2.45) is 0 Å². The second-order valence-corrected chi connectivity index (χ2v) is 6.79. The molecule has 0 amide bonds. The summed E-state index contributed by atoms with van der Waals surface area (Å²) in [6, 6.07) is 15.1. The number of nitrogens with zero attached hydrogens (tertiary/aromatic N) is 4. The molecule has 0 spiro atoms. The number of fused-ring (bicyclic) bond motifs is 2. The lowest BCUT2D eigenvalue weighted by molar-refractivity contribution is 0.200. The van der Waals surface area contributed by atoms with E-state index < -0.39 is 0 Å². The molecule has 0 radical (unpaired) electrons. The van der Waals surface area contributed by atoms with Gasteiger partial charge in [0.05, 0.1) is 30.0 Å². The summed E-state index contributed by atoms with van der Waals surface area (Å²) < 4.78 is 12.7. The quantitative estimate of drug-likeness (QED) is 0.396. The van der Waals surface area contributed by atoms with Crippen molar-refractivity contribution in [1.82, 2.24) is 19.7 Å². The van der Waals surface area contributed by atoms with Crippen molar-refractivity contribution in [3.8, 4) is 22.8 Å². The molecule has 0 saturated carbocycles. The van der Waals surface area contributed by atoms with Gasteiger partial charge in [-0.2, -0.15) is 4.73 Å². The molecule has 0 aliphatic carbocycles. The van der Waals surface area contributed by atoms with Crippen molar-refractivity contribution in [2.45, 2.75) is 6.61 Å². The fourth-order valence-electron chi connectivity index (χ4n) is 3.54. The first-order chi connectivity index (χ1) is 14.7. The largest absolute Gasteiger partial charge is 0.493 e. The standard InChI is InChI=1S/C23H18N4O3.ClH/c1-29-21-10-17-19(11-22(21)30-13-15-6-8-24-9-7-15)25-14-26-23(17)18-12-27(28)20-5-3-2-4-16(18)20;/h2-12,14,28H,13H2,1H3;1H. The number of para-hydroxylation sites is 1. The number of methoxy groups -OCH3 is 1. The Morgan fingerprint density at radius 3 is 2.58 bits per heavy atom. The van der Waals surface area contributed by atoms with E-state index in [2.05, 4.69) is 15.0 Å². The van der Waals surface area contributed by atoms with Crippen LogP contribution in [-0.2, 0) is 6.61 Å². The first-order valence-electron chi connectivity index (χ1n) is 9.39. The number of aromatic nitrogens is 4. The molecule has 5 aromatic rings. The van der Waals surface area contributed by atoms with Crippen LogP contribution in [0.2, 0.25) is 0 Å². The number of ether oxygens (including phenoxy) is 2. The van der Waals surface area contributed by atoms with Gasteiger partial charge in [0.15, 0.2) is 11.5 Å². The first kappa shape index (κ1) is 20.4. The molecule has 31 heavy (non-hydrogen) atoms. The van der Waals surface area contributed by atoms with Crippen LogP contribution in [0.15, 0.2) is 73.4 Å². The van der Waals surface area contributed by atoms with E-state index in [4.69, 9.17) is 9.47 Å². The lowest BCUT2D eigenvalue weighted by Crippen LogP contribution is -1.99. The summed E-state index contributed by atoms with van der Waals surface area (Å²) in [6.07, 6.45) is 6.63. The Morgan fingerprint density at radius 1 is 0.968 bits per heavy atom. The summed E-state index contributed by atoms with van der Waals surface area (Å²) in [6.45, 7) is 0.389. The average molecular weight is 435 g/mol. The molecule has 0 atom stereocenters. The van der Waals surface area contributed by atoms with Crippen LogP contribution in [0.4, 0.5) is 0 Å². The molecule has 0 unspecified atom stereocenters. The number of benzene rings is 2. The fraction of sp³-hybridized carbons (Fsp3) is 0.0870. The maximum Gasteiger partial charge on any atom is 0.163 e. The van der Waals surface area contributed by atoms with E-state index in [1.54, 1.807) is 25.7 Å². The van der Waals surface area contributed by atoms with Crippen LogP contribution in [0.25, 0.3) is 33.1 Å². The number of hydrogen-bond acceptors (Lipinski definition) is 6. The molecule has 0 bridgehead atoms. The van der Waals surface area contributed by atoms with E-state index in [0.29, 0.717) is 29.3 Å². The minimum atomic E-state index is 0. The summed E-state index contributed by atoms with van der Waals surface area (Å²) in [5, 5.41) is 12.0. The number of pyridine rings is 1. The maximum atomic E-state index is 10.3. The predicted octanol–water partition coefficient (Wildman–Crippen LogP) is 4.89. The van der Waals surface area contributed by atoms with Crippen molar-refractivity contribution in [2.75, 3.05) is 7.11 Å². The maximum absolute atomic E-state index is 10.3. The van der Waals surface area contributed by atoms with E-state index in [9.17, 15) is 5.21 Å². The molecule has 0 aliphatic rings. The molecular formula is C23H19ClN4O3. The summed E-state index contributed by atoms with van der Waals surface area (Å²) in [5.41, 5.74) is 3.96. The molecule has 0 aliphatic heterocycles. The van der Waals surface area contributed by atoms with Crippen LogP contribution in [-0.4, -0.2) is 32.0 Å². The van der Waals surface area contributed by atoms with E-state index in [1.807, 2.05) is 48.5 Å². The summed E-state index contributed by atoms with van der Waals surface area (Å²) in [7, 11) is 1.60. The van der Waals surface area contributed by atoms with Gasteiger partial charge in [0.2, 0.25) is 0 Å². The number of halogens is 1. The molecule has 3 aromatic heterocycles. The van der Waals surface area contributed by atoms with Crippen LogP contribution in [0.3, 0.4) is 0 Å². The van der Waals surface area contributed by atoms with Gasteiger partial charge in [-0.25, -0.2) is 9.97 Å². The molecule has 2 aromatic carbocycles. The Hall–Kier alpha value is -3.84. The van der Waals surface area contributed by atoms with Crippen LogP contribution in [0.5, 0.6) is 11.5 Å². The third-order valence-electron chi connectivity index (χ3n) is 5.01. The van der Waals surface area contributed by atoms with E-state index >= 15 is 0 Å². The zero-order valence-electron chi connectivity index (χ0n) is 16.6. The lowest BCUT2D eigenvalue weighted by atomic mass is 10.1. The minimum Gasteiger partial charge on any atom is -0.493 e. The highest BCUT2D eigenvalue weighted by atomic mass is 35.5. The summed E-state index contributed by atoms with van der Waals surface area (Å²) >= 11 is 0. The van der Waals surface area contributed by atoms with Gasteiger partial charge in [-0.1, -0.05) is 18.2 Å². The van der Waals surface area contributed by atoms with Crippen molar-refractivity contribution in [1.29, 1.82) is 0 Å². The Morgan fingerprint density at radius 2 is 1.77 bits per heavy atom. The van der Waals surface area contributed by atoms with Gasteiger partial charge in [-0.05, 0) is 29.8 Å². The van der Waals surface area contributed by atoms with Crippen LogP contribution >= 0.6 is 12.4 Å². The number of rotatable bonds is 5. The SMILES string of the molecule is COc1cc2c(-c3cn(O)c4ccccc34)ncnc2cc1OCc1ccncc1.Cl. The first-order valence-corrected chi connectivity index (χ1v) is 9.39. The van der Waals surface area contributed by atoms with Gasteiger partial charge in [-0.3, -0.25) is 4.98 Å². The molecular weight excluding hydrogens is 416 g/mol. The fourth-order valence-corrected chi connectivity index (χ4v) is 3.54. The topological polar surface area (TPSA) is 82.3 Å². The van der Waals surface area contributed by atoms with Crippen molar-refractivity contribution in [3.05, 3.63) is 79.0 Å². The van der Waals surface area contributed by atoms with Gasteiger partial charge < -0.3 is 14.7 Å². The smallest absolute Gasteiger partial charge is 0.163 e. The average Bonchev–Trinajstić information content (AvgIpc) is 3.14. The zero-order valence-corrected chi connectivity index (χ0v) is 17.4. The van der Waals surface area contributed by atoms with E-state index in [0.717, 1.165) is 32.1 Å². The summed E-state index contributed by atoms with van der Waals surface area (Å²) in [4.78, 5) is 12.9. The monoisotopic (exact) mass is 434 g/mol. The molecule has 156 valence electrons. The van der Waals surface area contributed by atoms with Crippen molar-refractivity contribution < 1.29 is 14.7 Å². The van der Waals surface area contributed by atoms with Crippen LogP contribution < -0.4 is 9.47 Å². The Balaban J connectivity index is 0.00000231. The predicted molar refractivity (Wildman–Crippen MR) is 120 cm³/mol. The molecule has 8 heteroatoms.